The smallest absolute Gasteiger partial charge is 0.237 e. The van der Waals surface area contributed by atoms with Crippen molar-refractivity contribution in [3.8, 4) is 5.75 Å². The second kappa shape index (κ2) is 8.94. The molecule has 0 aliphatic heterocycles. The number of rotatable bonds is 7. The Hall–Kier alpha value is -2.78. The highest BCUT2D eigenvalue weighted by molar-refractivity contribution is 8.00. The lowest BCUT2D eigenvalue weighted by Crippen LogP contribution is -2.24. The summed E-state index contributed by atoms with van der Waals surface area (Å²) in [5.41, 5.74) is 0.634. The molecule has 0 aliphatic carbocycles. The van der Waals surface area contributed by atoms with Crippen LogP contribution in [-0.2, 0) is 11.4 Å². The number of amides is 1. The number of carbonyl (C=O) groups excluding carboxylic acids is 1. The van der Waals surface area contributed by atoms with Crippen molar-refractivity contribution >= 4 is 35.0 Å². The molecular weight excluding hydrogens is 405 g/mol. The lowest BCUT2D eigenvalue weighted by molar-refractivity contribution is -0.115. The van der Waals surface area contributed by atoms with Crippen molar-refractivity contribution in [2.24, 2.45) is 0 Å². The molecule has 0 saturated heterocycles. The van der Waals surface area contributed by atoms with Crippen molar-refractivity contribution in [1.82, 2.24) is 14.9 Å². The standard InChI is InChI=1S/C18H17ClFN5O2S/c1-11(17(26)22-13-8-6-12(19)7-9-13)28-18-24-23-16(25(18)21)10-27-15-5-3-2-4-14(15)20/h2-9,11H,10,21H2,1H3,(H,22,26). The third-order valence-corrected chi connectivity index (χ3v) is 5.00. The van der Waals surface area contributed by atoms with E-state index in [-0.39, 0.29) is 18.3 Å². The second-order valence-corrected chi connectivity index (χ2v) is 7.49. The molecule has 1 aromatic heterocycles. The molecule has 1 unspecified atom stereocenters. The molecule has 0 fully saturated rings. The Bertz CT molecular complexity index is 967. The predicted molar refractivity (Wildman–Crippen MR) is 106 cm³/mol. The number of nitrogens with zero attached hydrogens (tertiary/aromatic N) is 3. The van der Waals surface area contributed by atoms with Crippen molar-refractivity contribution in [2.45, 2.75) is 23.9 Å². The quantitative estimate of drug-likeness (QED) is 0.448. The van der Waals surface area contributed by atoms with Crippen LogP contribution in [0.2, 0.25) is 5.02 Å². The molecule has 28 heavy (non-hydrogen) atoms. The van der Waals surface area contributed by atoms with Crippen molar-refractivity contribution in [3.63, 3.8) is 0 Å². The molecule has 3 N–H and O–H groups in total. The Balaban J connectivity index is 1.59. The minimum absolute atomic E-state index is 0.0592. The van der Waals surface area contributed by atoms with Crippen molar-refractivity contribution < 1.29 is 13.9 Å². The van der Waals surface area contributed by atoms with Gasteiger partial charge in [-0.1, -0.05) is 35.5 Å². The van der Waals surface area contributed by atoms with Crippen LogP contribution in [0.5, 0.6) is 5.75 Å². The number of halogens is 2. The topological polar surface area (TPSA) is 95.1 Å². The van der Waals surface area contributed by atoms with Gasteiger partial charge in [0.05, 0.1) is 5.25 Å². The van der Waals surface area contributed by atoms with Crippen LogP contribution in [0.25, 0.3) is 0 Å². The first-order chi connectivity index (χ1) is 13.4. The minimum atomic E-state index is -0.484. The molecule has 0 bridgehead atoms. The number of para-hydroxylation sites is 1. The van der Waals surface area contributed by atoms with Crippen LogP contribution in [0.1, 0.15) is 12.7 Å². The Morgan fingerprint density at radius 1 is 1.29 bits per heavy atom. The SMILES string of the molecule is CC(Sc1nnc(COc2ccccc2F)n1N)C(=O)Nc1ccc(Cl)cc1. The number of aromatic nitrogens is 3. The Kier molecular flexibility index (Phi) is 6.37. The van der Waals surface area contributed by atoms with Crippen molar-refractivity contribution in [1.29, 1.82) is 0 Å². The number of nitrogen functional groups attached to an aromatic ring is 1. The summed E-state index contributed by atoms with van der Waals surface area (Å²) in [4.78, 5) is 12.3. The molecule has 0 aliphatic rings. The van der Waals surface area contributed by atoms with Gasteiger partial charge in [0.15, 0.2) is 17.4 Å². The van der Waals surface area contributed by atoms with Gasteiger partial charge in [0.2, 0.25) is 11.1 Å². The molecule has 2 aromatic carbocycles. The third-order valence-electron chi connectivity index (χ3n) is 3.69. The van der Waals surface area contributed by atoms with Gasteiger partial charge in [0, 0.05) is 10.7 Å². The Labute approximate surface area is 170 Å². The number of hydrogen-bond acceptors (Lipinski definition) is 6. The number of ether oxygens (including phenoxy) is 1. The molecular formula is C18H17ClFN5O2S. The van der Waals surface area contributed by atoms with Crippen LogP contribution < -0.4 is 15.9 Å². The average molecular weight is 422 g/mol. The van der Waals surface area contributed by atoms with E-state index < -0.39 is 11.1 Å². The largest absolute Gasteiger partial charge is 0.482 e. The van der Waals surface area contributed by atoms with E-state index in [1.54, 1.807) is 43.3 Å². The number of benzene rings is 2. The van der Waals surface area contributed by atoms with Crippen LogP contribution in [0.4, 0.5) is 10.1 Å². The van der Waals surface area contributed by atoms with Gasteiger partial charge in [0.25, 0.3) is 0 Å². The summed E-state index contributed by atoms with van der Waals surface area (Å²) in [6.07, 6.45) is 0. The van der Waals surface area contributed by atoms with E-state index in [0.717, 1.165) is 11.8 Å². The van der Waals surface area contributed by atoms with E-state index in [1.165, 1.54) is 16.8 Å². The summed E-state index contributed by atoms with van der Waals surface area (Å²) >= 11 is 6.97. The Morgan fingerprint density at radius 3 is 2.71 bits per heavy atom. The number of carbonyl (C=O) groups is 1. The maximum absolute atomic E-state index is 13.6. The molecule has 0 radical (unpaired) electrons. The van der Waals surface area contributed by atoms with Crippen LogP contribution in [0.3, 0.4) is 0 Å². The summed E-state index contributed by atoms with van der Waals surface area (Å²) in [6.45, 7) is 1.66. The molecule has 0 spiro atoms. The predicted octanol–water partition coefficient (Wildman–Crippen LogP) is 3.48. The van der Waals surface area contributed by atoms with Crippen molar-refractivity contribution in [3.05, 3.63) is 65.2 Å². The van der Waals surface area contributed by atoms with Crippen LogP contribution in [-0.4, -0.2) is 26.0 Å². The van der Waals surface area contributed by atoms with E-state index in [0.29, 0.717) is 21.7 Å². The average Bonchev–Trinajstić information content (AvgIpc) is 3.02. The summed E-state index contributed by atoms with van der Waals surface area (Å²) in [5, 5.41) is 11.1. The van der Waals surface area contributed by atoms with Gasteiger partial charge in [-0.2, -0.15) is 0 Å². The fraction of sp³-hybridized carbons (Fsp3) is 0.167. The van der Waals surface area contributed by atoms with Gasteiger partial charge in [-0.05, 0) is 43.3 Å². The van der Waals surface area contributed by atoms with E-state index >= 15 is 0 Å². The molecule has 1 atom stereocenters. The van der Waals surface area contributed by atoms with Gasteiger partial charge in [-0.25, -0.2) is 9.07 Å². The highest BCUT2D eigenvalue weighted by atomic mass is 35.5. The zero-order chi connectivity index (χ0) is 20.1. The first-order valence-electron chi connectivity index (χ1n) is 8.24. The van der Waals surface area contributed by atoms with E-state index in [9.17, 15) is 9.18 Å². The number of hydrogen-bond donors (Lipinski definition) is 2. The summed E-state index contributed by atoms with van der Waals surface area (Å²) in [6, 6.07) is 12.8. The van der Waals surface area contributed by atoms with Gasteiger partial charge in [0.1, 0.15) is 6.61 Å². The molecule has 1 heterocycles. The number of nitrogens with two attached hydrogens (primary N) is 1. The fourth-order valence-electron chi connectivity index (χ4n) is 2.18. The van der Waals surface area contributed by atoms with Crippen molar-refractivity contribution in [2.75, 3.05) is 11.2 Å². The summed E-state index contributed by atoms with van der Waals surface area (Å²) < 4.78 is 20.2. The number of thioether (sulfide) groups is 1. The lowest BCUT2D eigenvalue weighted by atomic mass is 10.3. The maximum Gasteiger partial charge on any atom is 0.237 e. The first kappa shape index (κ1) is 20.0. The van der Waals surface area contributed by atoms with E-state index in [1.807, 2.05) is 0 Å². The molecule has 7 nitrogen and oxygen atoms in total. The molecule has 3 rings (SSSR count). The second-order valence-electron chi connectivity index (χ2n) is 5.74. The van der Waals surface area contributed by atoms with Gasteiger partial charge in [-0.15, -0.1) is 10.2 Å². The molecule has 10 heteroatoms. The minimum Gasteiger partial charge on any atom is -0.482 e. The summed E-state index contributed by atoms with van der Waals surface area (Å²) in [5.74, 6) is 5.67. The highest BCUT2D eigenvalue weighted by Crippen LogP contribution is 2.23. The van der Waals surface area contributed by atoms with Crippen LogP contribution >= 0.6 is 23.4 Å². The molecule has 1 amide bonds. The normalized spacial score (nSPS) is 11.8. The molecule has 146 valence electrons. The maximum atomic E-state index is 13.6. The fourth-order valence-corrected chi connectivity index (χ4v) is 3.09. The number of anilines is 1. The molecule has 3 aromatic rings. The van der Waals surface area contributed by atoms with E-state index in [2.05, 4.69) is 15.5 Å². The van der Waals surface area contributed by atoms with Gasteiger partial charge < -0.3 is 15.9 Å². The summed E-state index contributed by atoms with van der Waals surface area (Å²) in [7, 11) is 0. The monoisotopic (exact) mass is 421 g/mol. The zero-order valence-electron chi connectivity index (χ0n) is 14.8. The zero-order valence-corrected chi connectivity index (χ0v) is 16.4. The third kappa shape index (κ3) is 4.93. The first-order valence-corrected chi connectivity index (χ1v) is 9.49. The number of nitrogens with one attached hydrogen (secondary N) is 1. The van der Waals surface area contributed by atoms with Crippen LogP contribution in [0, 0.1) is 5.82 Å². The van der Waals surface area contributed by atoms with Gasteiger partial charge >= 0.3 is 0 Å². The van der Waals surface area contributed by atoms with Gasteiger partial charge in [-0.3, -0.25) is 4.79 Å². The lowest BCUT2D eigenvalue weighted by Gasteiger charge is -2.12. The van der Waals surface area contributed by atoms with E-state index in [4.69, 9.17) is 22.2 Å². The Morgan fingerprint density at radius 2 is 2.00 bits per heavy atom. The van der Waals surface area contributed by atoms with Crippen LogP contribution in [0.15, 0.2) is 53.7 Å². The molecule has 0 saturated carbocycles. The highest BCUT2D eigenvalue weighted by Gasteiger charge is 2.20.